The van der Waals surface area contributed by atoms with E-state index in [1.165, 1.54) is 51.4 Å². The molecule has 1 N–H and O–H groups in total. The SMILES string of the molecule is CC[C@@]1(O)C(=O)OCc2c1cc1n(c2=O)Cc2cc3c(CN(C)C)c(OC(=O)N4CCN(CCCCCCO[C@@H]5CC[C@@H]6[C@H]7CC[C@@H]8CC(=O)CC[C@@]8(C)[C@@H]7CC[C@]65C)CC4)ccc3nc2-1. The number of carbonyl (C=O) groups is 3. The number of pyridine rings is 2. The molecule has 3 aromatic rings. The number of ketones is 1. The molecule has 356 valence electrons. The molecule has 0 radical (unpaired) electrons. The van der Waals surface area contributed by atoms with Gasteiger partial charge in [-0.2, -0.15) is 0 Å². The summed E-state index contributed by atoms with van der Waals surface area (Å²) >= 11 is 0. The minimum absolute atomic E-state index is 0.0802. The van der Waals surface area contributed by atoms with Crippen molar-refractivity contribution in [3.8, 4) is 17.1 Å². The molecular weight excluding hydrogens is 835 g/mol. The van der Waals surface area contributed by atoms with Crippen LogP contribution in [0.2, 0.25) is 0 Å². The summed E-state index contributed by atoms with van der Waals surface area (Å²) in [5.74, 6) is 3.24. The van der Waals surface area contributed by atoms with Crippen LogP contribution in [0.25, 0.3) is 22.3 Å². The van der Waals surface area contributed by atoms with Crippen LogP contribution < -0.4 is 10.3 Å². The van der Waals surface area contributed by atoms with Crippen molar-refractivity contribution in [3.05, 3.63) is 56.9 Å². The molecule has 4 saturated carbocycles. The lowest BCUT2D eigenvalue weighted by atomic mass is 9.45. The smallest absolute Gasteiger partial charge is 0.415 e. The summed E-state index contributed by atoms with van der Waals surface area (Å²) in [6.45, 7) is 12.2. The molecular formula is C53H71N5O8. The molecule has 3 aliphatic heterocycles. The summed E-state index contributed by atoms with van der Waals surface area (Å²) < 4.78 is 19.8. The van der Waals surface area contributed by atoms with Gasteiger partial charge < -0.3 is 33.7 Å². The lowest BCUT2D eigenvalue weighted by Crippen LogP contribution is -2.54. The first-order valence-electron chi connectivity index (χ1n) is 25.3. The highest BCUT2D eigenvalue weighted by Crippen LogP contribution is 2.66. The molecule has 8 atom stereocenters. The van der Waals surface area contributed by atoms with Crippen LogP contribution in [0, 0.1) is 34.5 Å². The van der Waals surface area contributed by atoms with Crippen molar-refractivity contribution in [2.75, 3.05) is 53.4 Å². The topological polar surface area (TPSA) is 144 Å². The number of cyclic esters (lactones) is 1. The third-order valence-electron chi connectivity index (χ3n) is 18.1. The first-order chi connectivity index (χ1) is 31.7. The van der Waals surface area contributed by atoms with E-state index >= 15 is 0 Å². The van der Waals surface area contributed by atoms with E-state index < -0.39 is 11.6 Å². The molecule has 4 aliphatic carbocycles. The van der Waals surface area contributed by atoms with Gasteiger partial charge in [-0.3, -0.25) is 14.5 Å². The van der Waals surface area contributed by atoms with Crippen LogP contribution in [0.3, 0.4) is 0 Å². The van der Waals surface area contributed by atoms with E-state index in [2.05, 4.69) is 18.7 Å². The summed E-state index contributed by atoms with van der Waals surface area (Å²) in [7, 11) is 3.94. The Bertz CT molecular complexity index is 2460. The number of rotatable bonds is 12. The van der Waals surface area contributed by atoms with Gasteiger partial charge in [0.2, 0.25) is 0 Å². The van der Waals surface area contributed by atoms with Crippen LogP contribution in [-0.2, 0) is 44.4 Å². The summed E-state index contributed by atoms with van der Waals surface area (Å²) in [5.41, 5.74) is 2.62. The van der Waals surface area contributed by atoms with Crippen molar-refractivity contribution < 1.29 is 33.7 Å². The average molecular weight is 906 g/mol. The predicted octanol–water partition coefficient (Wildman–Crippen LogP) is 7.82. The van der Waals surface area contributed by atoms with Crippen LogP contribution >= 0.6 is 0 Å². The van der Waals surface area contributed by atoms with Gasteiger partial charge in [-0.25, -0.2) is 14.6 Å². The van der Waals surface area contributed by atoms with Crippen LogP contribution in [0.4, 0.5) is 4.79 Å². The molecule has 7 aliphatic rings. The monoisotopic (exact) mass is 906 g/mol. The van der Waals surface area contributed by atoms with Gasteiger partial charge >= 0.3 is 12.1 Å². The normalized spacial score (nSPS) is 31.5. The number of benzene rings is 1. The fourth-order valence-corrected chi connectivity index (χ4v) is 14.3. The Balaban J connectivity index is 0.692. The maximum absolute atomic E-state index is 13.7. The number of carbonyl (C=O) groups excluding carboxylic acids is 3. The lowest BCUT2D eigenvalue weighted by molar-refractivity contribution is -0.172. The Labute approximate surface area is 389 Å². The number of esters is 1. The highest BCUT2D eigenvalue weighted by atomic mass is 16.6. The minimum Gasteiger partial charge on any atom is -0.458 e. The van der Waals surface area contributed by atoms with E-state index in [-0.39, 0.29) is 42.4 Å². The van der Waals surface area contributed by atoms with E-state index in [0.29, 0.717) is 70.9 Å². The van der Waals surface area contributed by atoms with E-state index in [0.717, 1.165) is 92.6 Å². The van der Waals surface area contributed by atoms with Crippen molar-refractivity contribution in [1.82, 2.24) is 24.3 Å². The summed E-state index contributed by atoms with van der Waals surface area (Å²) in [4.78, 5) is 63.7. The van der Waals surface area contributed by atoms with Gasteiger partial charge in [0.05, 0.1) is 35.1 Å². The van der Waals surface area contributed by atoms with E-state index in [4.69, 9.17) is 19.2 Å². The number of hydrogen-bond acceptors (Lipinski definition) is 11. The number of aliphatic hydroxyl groups is 1. The van der Waals surface area contributed by atoms with Crippen LogP contribution in [0.5, 0.6) is 5.75 Å². The van der Waals surface area contributed by atoms with Gasteiger partial charge in [-0.1, -0.05) is 33.6 Å². The zero-order valence-corrected chi connectivity index (χ0v) is 40.0. The summed E-state index contributed by atoms with van der Waals surface area (Å²) in [6.07, 6.45) is 15.2. The number of nitrogens with zero attached hydrogens (tertiary/aromatic N) is 5. The van der Waals surface area contributed by atoms with Crippen LogP contribution in [0.1, 0.15) is 133 Å². The third-order valence-corrected chi connectivity index (χ3v) is 18.1. The fraction of sp³-hybridized carbons (Fsp3) is 0.679. The number of piperazine rings is 1. The van der Waals surface area contributed by atoms with Crippen molar-refractivity contribution in [3.63, 3.8) is 0 Å². The molecule has 13 heteroatoms. The van der Waals surface area contributed by atoms with Gasteiger partial charge in [-0.05, 0) is 144 Å². The molecule has 0 unspecified atom stereocenters. The second kappa shape index (κ2) is 17.7. The Morgan fingerprint density at radius 3 is 2.52 bits per heavy atom. The van der Waals surface area contributed by atoms with Gasteiger partial charge in [0.1, 0.15) is 18.1 Å². The zero-order chi connectivity index (χ0) is 46.1. The van der Waals surface area contributed by atoms with Crippen molar-refractivity contribution in [2.45, 2.75) is 142 Å². The first-order valence-corrected chi connectivity index (χ1v) is 25.3. The molecule has 66 heavy (non-hydrogen) atoms. The number of ether oxygens (including phenoxy) is 3. The maximum Gasteiger partial charge on any atom is 0.415 e. The molecule has 5 heterocycles. The predicted molar refractivity (Wildman–Crippen MR) is 251 cm³/mol. The van der Waals surface area contributed by atoms with Gasteiger partial charge in [0.25, 0.3) is 5.56 Å². The fourth-order valence-electron chi connectivity index (χ4n) is 14.3. The highest BCUT2D eigenvalue weighted by Gasteiger charge is 2.60. The molecule has 0 bridgehead atoms. The third kappa shape index (κ3) is 7.81. The molecule has 5 fully saturated rings. The second-order valence-corrected chi connectivity index (χ2v) is 21.9. The summed E-state index contributed by atoms with van der Waals surface area (Å²) in [6, 6.07) is 7.41. The van der Waals surface area contributed by atoms with Gasteiger partial charge in [0.15, 0.2) is 5.60 Å². The Kier molecular flexibility index (Phi) is 12.2. The molecule has 1 amide bonds. The number of Topliss-reactive ketones (excluding diaryl/α,β-unsaturated/α-hetero) is 1. The second-order valence-electron chi connectivity index (χ2n) is 21.9. The Morgan fingerprint density at radius 1 is 0.939 bits per heavy atom. The number of hydrogen-bond donors (Lipinski definition) is 1. The standard InChI is InChI=1S/C53H71N5O8/c1-6-53(63)42-29-44-47-33(30-58(44)48(60)39(42)32-65-49(53)61)27-37-38(31-55(4)5)45(15-14-43(37)54-47)66-50(62)57-24-22-56(23-25-57)21-9-7-8-10-26-64-46-16-13-40-36-12-11-34-28-35(59)17-19-51(34,2)41(36)18-20-52(40,46)3/h14-15,27,29,34,36,40-41,46,63H,6-13,16-26,28,30-32H2,1-5H3/t34-,36-,40-,41-,46-,51-,52-,53+/m1/s1. The molecule has 2 aromatic heterocycles. The Morgan fingerprint density at radius 2 is 1.73 bits per heavy atom. The molecule has 1 aromatic carbocycles. The maximum atomic E-state index is 13.7. The van der Waals surface area contributed by atoms with Crippen molar-refractivity contribution in [2.24, 2.45) is 34.5 Å². The quantitative estimate of drug-likeness (QED) is 0.110. The average Bonchev–Trinajstić information content (AvgIpc) is 3.84. The van der Waals surface area contributed by atoms with E-state index in [1.54, 1.807) is 22.5 Å². The number of fused-ring (bicyclic) bond motifs is 10. The molecule has 10 rings (SSSR count). The van der Waals surface area contributed by atoms with Crippen LogP contribution in [0.15, 0.2) is 29.1 Å². The first kappa shape index (κ1) is 45.6. The largest absolute Gasteiger partial charge is 0.458 e. The summed E-state index contributed by atoms with van der Waals surface area (Å²) in [5, 5.41) is 12.1. The molecule has 1 saturated heterocycles. The highest BCUT2D eigenvalue weighted by molar-refractivity contribution is 5.90. The van der Waals surface area contributed by atoms with Crippen LogP contribution in [-0.4, -0.2) is 107 Å². The zero-order valence-electron chi connectivity index (χ0n) is 40.0. The number of unbranched alkanes of at least 4 members (excludes halogenated alkanes) is 3. The van der Waals surface area contributed by atoms with Crippen molar-refractivity contribution >= 4 is 28.7 Å². The molecule has 0 spiro atoms. The lowest BCUT2D eigenvalue weighted by Gasteiger charge is -2.60. The van der Waals surface area contributed by atoms with E-state index in [9.17, 15) is 24.3 Å². The minimum atomic E-state index is -1.89. The number of aromatic nitrogens is 2. The number of amides is 1. The van der Waals surface area contributed by atoms with Gasteiger partial charge in [-0.15, -0.1) is 0 Å². The van der Waals surface area contributed by atoms with E-state index in [1.807, 2.05) is 37.2 Å². The Hall–Kier alpha value is -4.17. The van der Waals surface area contributed by atoms with Gasteiger partial charge in [0, 0.05) is 74.2 Å². The van der Waals surface area contributed by atoms with Crippen molar-refractivity contribution in [1.29, 1.82) is 0 Å². The molecule has 13 nitrogen and oxygen atoms in total.